The third-order valence-electron chi connectivity index (χ3n) is 4.01. The van der Waals surface area contributed by atoms with Gasteiger partial charge in [0.25, 0.3) is 0 Å². The highest BCUT2D eigenvalue weighted by molar-refractivity contribution is 5.36. The standard InChI is InChI=1S/C18H23FO2/c1-14-6-2-3-8-18(14)21-13-16-10-9-15(12-17(16)19)7-4-5-11-20/h9-10,12,14,18,20H,2-3,5-6,8,11,13H2,1H3. The number of benzene rings is 1. The van der Waals surface area contributed by atoms with Gasteiger partial charge in [-0.25, -0.2) is 4.39 Å². The fourth-order valence-electron chi connectivity index (χ4n) is 2.69. The number of hydrogen-bond donors (Lipinski definition) is 1. The lowest BCUT2D eigenvalue weighted by Gasteiger charge is -2.28. The molecule has 1 N–H and O–H groups in total. The van der Waals surface area contributed by atoms with Gasteiger partial charge < -0.3 is 9.84 Å². The molecule has 2 unspecified atom stereocenters. The van der Waals surface area contributed by atoms with Crippen LogP contribution in [0.5, 0.6) is 0 Å². The van der Waals surface area contributed by atoms with E-state index in [9.17, 15) is 4.39 Å². The van der Waals surface area contributed by atoms with E-state index in [2.05, 4.69) is 18.8 Å². The smallest absolute Gasteiger partial charge is 0.129 e. The molecule has 0 aliphatic heterocycles. The maximum atomic E-state index is 14.0. The van der Waals surface area contributed by atoms with Gasteiger partial charge in [-0.2, -0.15) is 0 Å². The van der Waals surface area contributed by atoms with E-state index in [1.54, 1.807) is 12.1 Å². The summed E-state index contributed by atoms with van der Waals surface area (Å²) >= 11 is 0. The molecular formula is C18H23FO2. The number of halogens is 1. The summed E-state index contributed by atoms with van der Waals surface area (Å²) in [5.41, 5.74) is 1.22. The van der Waals surface area contributed by atoms with Gasteiger partial charge in [0.05, 0.1) is 19.3 Å². The van der Waals surface area contributed by atoms with Crippen molar-refractivity contribution in [2.45, 2.75) is 51.7 Å². The quantitative estimate of drug-likeness (QED) is 0.858. The van der Waals surface area contributed by atoms with Crippen LogP contribution >= 0.6 is 0 Å². The fraction of sp³-hybridized carbons (Fsp3) is 0.556. The third kappa shape index (κ3) is 4.84. The summed E-state index contributed by atoms with van der Waals surface area (Å²) in [5.74, 6) is 5.92. The maximum Gasteiger partial charge on any atom is 0.129 e. The van der Waals surface area contributed by atoms with Gasteiger partial charge in [-0.15, -0.1) is 0 Å². The lowest BCUT2D eigenvalue weighted by molar-refractivity contribution is -0.0164. The zero-order chi connectivity index (χ0) is 15.1. The Balaban J connectivity index is 1.93. The molecule has 1 aromatic carbocycles. The van der Waals surface area contributed by atoms with E-state index in [0.29, 0.717) is 30.1 Å². The molecule has 1 aliphatic rings. The van der Waals surface area contributed by atoms with Crippen molar-refractivity contribution in [3.63, 3.8) is 0 Å². The van der Waals surface area contributed by atoms with Crippen LogP contribution in [0.3, 0.4) is 0 Å². The van der Waals surface area contributed by atoms with Gasteiger partial charge in [0.1, 0.15) is 5.82 Å². The van der Waals surface area contributed by atoms with Gasteiger partial charge >= 0.3 is 0 Å². The van der Waals surface area contributed by atoms with Crippen molar-refractivity contribution in [1.82, 2.24) is 0 Å². The minimum atomic E-state index is -0.269. The fourth-order valence-corrected chi connectivity index (χ4v) is 2.69. The predicted octanol–water partition coefficient (Wildman–Crippen LogP) is 3.65. The molecule has 1 saturated carbocycles. The van der Waals surface area contributed by atoms with E-state index in [4.69, 9.17) is 9.84 Å². The molecule has 0 aromatic heterocycles. The summed E-state index contributed by atoms with van der Waals surface area (Å²) < 4.78 is 19.9. The summed E-state index contributed by atoms with van der Waals surface area (Å²) in [6.07, 6.45) is 5.42. The summed E-state index contributed by atoms with van der Waals surface area (Å²) in [7, 11) is 0. The van der Waals surface area contributed by atoms with E-state index in [1.165, 1.54) is 25.3 Å². The van der Waals surface area contributed by atoms with Crippen LogP contribution in [-0.4, -0.2) is 17.8 Å². The summed E-state index contributed by atoms with van der Waals surface area (Å²) in [5, 5.41) is 8.67. The van der Waals surface area contributed by atoms with Gasteiger partial charge in [-0.1, -0.05) is 37.7 Å². The van der Waals surface area contributed by atoms with Crippen molar-refractivity contribution < 1.29 is 14.2 Å². The van der Waals surface area contributed by atoms with Crippen LogP contribution in [0.1, 0.15) is 50.2 Å². The summed E-state index contributed by atoms with van der Waals surface area (Å²) in [6.45, 7) is 2.56. The number of aliphatic hydroxyl groups excluding tert-OH is 1. The lowest BCUT2D eigenvalue weighted by Crippen LogP contribution is -2.25. The number of hydrogen-bond acceptors (Lipinski definition) is 2. The topological polar surface area (TPSA) is 29.5 Å². The Bertz CT molecular complexity index is 516. The summed E-state index contributed by atoms with van der Waals surface area (Å²) in [6, 6.07) is 4.98. The minimum absolute atomic E-state index is 0.0287. The second-order valence-electron chi connectivity index (χ2n) is 5.69. The first-order valence-electron chi connectivity index (χ1n) is 7.70. The van der Waals surface area contributed by atoms with Crippen molar-refractivity contribution in [2.24, 2.45) is 5.92 Å². The van der Waals surface area contributed by atoms with Gasteiger partial charge in [-0.05, 0) is 30.9 Å². The number of ether oxygens (including phenoxy) is 1. The number of aliphatic hydroxyl groups is 1. The highest BCUT2D eigenvalue weighted by Crippen LogP contribution is 2.27. The number of rotatable bonds is 4. The molecule has 0 spiro atoms. The molecule has 1 aliphatic carbocycles. The van der Waals surface area contributed by atoms with Gasteiger partial charge in [0.15, 0.2) is 0 Å². The maximum absolute atomic E-state index is 14.0. The van der Waals surface area contributed by atoms with Crippen LogP contribution < -0.4 is 0 Å². The molecule has 0 radical (unpaired) electrons. The SMILES string of the molecule is CC1CCCCC1OCc1ccc(C#CCCO)cc1F. The Morgan fingerprint density at radius 1 is 1.33 bits per heavy atom. The Labute approximate surface area is 126 Å². The molecule has 3 heteroatoms. The van der Waals surface area contributed by atoms with E-state index in [-0.39, 0.29) is 18.5 Å². The Morgan fingerprint density at radius 3 is 2.86 bits per heavy atom. The highest BCUT2D eigenvalue weighted by Gasteiger charge is 2.22. The lowest BCUT2D eigenvalue weighted by atomic mass is 9.88. The second-order valence-corrected chi connectivity index (χ2v) is 5.69. The molecule has 114 valence electrons. The van der Waals surface area contributed by atoms with Gasteiger partial charge in [0, 0.05) is 17.5 Å². The molecule has 0 bridgehead atoms. The van der Waals surface area contributed by atoms with E-state index >= 15 is 0 Å². The second kappa shape index (κ2) is 8.17. The molecular weight excluding hydrogens is 267 g/mol. The molecule has 2 rings (SSSR count). The molecule has 2 atom stereocenters. The largest absolute Gasteiger partial charge is 0.395 e. The normalized spacial score (nSPS) is 21.7. The zero-order valence-corrected chi connectivity index (χ0v) is 12.6. The van der Waals surface area contributed by atoms with E-state index in [0.717, 1.165) is 6.42 Å². The predicted molar refractivity (Wildman–Crippen MR) is 81.2 cm³/mol. The van der Waals surface area contributed by atoms with Crippen LogP contribution in [0.2, 0.25) is 0 Å². The van der Waals surface area contributed by atoms with Crippen molar-refractivity contribution >= 4 is 0 Å². The van der Waals surface area contributed by atoms with Crippen LogP contribution in [0.15, 0.2) is 18.2 Å². The van der Waals surface area contributed by atoms with E-state index in [1.807, 2.05) is 0 Å². The van der Waals surface area contributed by atoms with Crippen molar-refractivity contribution in [3.05, 3.63) is 35.1 Å². The Hall–Kier alpha value is -1.37. The molecule has 0 heterocycles. The van der Waals surface area contributed by atoms with Crippen LogP contribution in [0.4, 0.5) is 4.39 Å². The van der Waals surface area contributed by atoms with Gasteiger partial charge in [0.2, 0.25) is 0 Å². The zero-order valence-electron chi connectivity index (χ0n) is 12.6. The van der Waals surface area contributed by atoms with Gasteiger partial charge in [-0.3, -0.25) is 0 Å². The average molecular weight is 290 g/mol. The van der Waals surface area contributed by atoms with Crippen LogP contribution in [0, 0.1) is 23.6 Å². The third-order valence-corrected chi connectivity index (χ3v) is 4.01. The Kier molecular flexibility index (Phi) is 6.22. The van der Waals surface area contributed by atoms with Crippen molar-refractivity contribution in [1.29, 1.82) is 0 Å². The molecule has 1 aromatic rings. The van der Waals surface area contributed by atoms with Crippen LogP contribution in [-0.2, 0) is 11.3 Å². The molecule has 2 nitrogen and oxygen atoms in total. The first-order valence-corrected chi connectivity index (χ1v) is 7.70. The monoisotopic (exact) mass is 290 g/mol. The molecule has 0 saturated heterocycles. The summed E-state index contributed by atoms with van der Waals surface area (Å²) in [4.78, 5) is 0. The van der Waals surface area contributed by atoms with Crippen molar-refractivity contribution in [3.8, 4) is 11.8 Å². The average Bonchev–Trinajstić information content (AvgIpc) is 2.48. The van der Waals surface area contributed by atoms with Crippen molar-refractivity contribution in [2.75, 3.05) is 6.61 Å². The molecule has 0 amide bonds. The first kappa shape index (κ1) is 16.0. The van der Waals surface area contributed by atoms with Crippen LogP contribution in [0.25, 0.3) is 0 Å². The Morgan fingerprint density at radius 2 is 2.14 bits per heavy atom. The molecule has 1 fully saturated rings. The highest BCUT2D eigenvalue weighted by atomic mass is 19.1. The molecule has 21 heavy (non-hydrogen) atoms. The first-order chi connectivity index (χ1) is 10.2. The minimum Gasteiger partial charge on any atom is -0.395 e. The van der Waals surface area contributed by atoms with E-state index < -0.39 is 0 Å².